The van der Waals surface area contributed by atoms with Crippen molar-refractivity contribution in [3.05, 3.63) is 28.1 Å². The first kappa shape index (κ1) is 12.6. The molecule has 0 bridgehead atoms. The average molecular weight is 337 g/mol. The van der Waals surface area contributed by atoms with Crippen LogP contribution in [-0.2, 0) is 0 Å². The van der Waals surface area contributed by atoms with E-state index in [1.807, 2.05) is 17.5 Å². The average Bonchev–Trinajstić information content (AvgIpc) is 2.91. The van der Waals surface area contributed by atoms with Crippen molar-refractivity contribution in [2.24, 2.45) is 0 Å². The smallest absolute Gasteiger partial charge is 0.180 e. The van der Waals surface area contributed by atoms with Crippen LogP contribution in [-0.4, -0.2) is 14.5 Å². The number of nitrogen functional groups attached to an aromatic ring is 1. The van der Waals surface area contributed by atoms with Gasteiger partial charge in [-0.2, -0.15) is 0 Å². The third-order valence-corrected chi connectivity index (χ3v) is 4.09. The van der Waals surface area contributed by atoms with Gasteiger partial charge in [-0.1, -0.05) is 15.9 Å². The van der Waals surface area contributed by atoms with Crippen molar-refractivity contribution < 1.29 is 0 Å². The monoisotopic (exact) mass is 336 g/mol. The van der Waals surface area contributed by atoms with Crippen LogP contribution in [0.15, 0.2) is 28.1 Å². The van der Waals surface area contributed by atoms with E-state index in [1.54, 1.807) is 0 Å². The molecule has 2 N–H and O–H groups in total. The van der Waals surface area contributed by atoms with Crippen molar-refractivity contribution in [3.63, 3.8) is 0 Å². The molecule has 98 valence electrons. The highest BCUT2D eigenvalue weighted by molar-refractivity contribution is 9.10. The molecule has 2 heterocycles. The molecule has 0 amide bonds. The Balaban J connectivity index is 2.31. The molecule has 0 spiro atoms. The quantitative estimate of drug-likeness (QED) is 0.766. The Hall–Kier alpha value is -1.40. The second kappa shape index (κ2) is 4.61. The van der Waals surface area contributed by atoms with Crippen LogP contribution < -0.4 is 5.73 Å². The zero-order chi connectivity index (χ0) is 13.6. The number of halogens is 1. The predicted octanol–water partition coefficient (Wildman–Crippen LogP) is 4.09. The van der Waals surface area contributed by atoms with Crippen LogP contribution in [0.3, 0.4) is 0 Å². The van der Waals surface area contributed by atoms with E-state index < -0.39 is 0 Å². The van der Waals surface area contributed by atoms with Crippen molar-refractivity contribution in [2.45, 2.75) is 19.9 Å². The van der Waals surface area contributed by atoms with Crippen LogP contribution in [0.1, 0.15) is 19.9 Å². The summed E-state index contributed by atoms with van der Waals surface area (Å²) in [6, 6.07) is 6.44. The summed E-state index contributed by atoms with van der Waals surface area (Å²) in [5.74, 6) is 0.871. The minimum Gasteiger partial charge on any atom is -0.375 e. The Kier molecular flexibility index (Phi) is 3.06. The lowest BCUT2D eigenvalue weighted by Crippen LogP contribution is -2.03. The third-order valence-electron chi connectivity index (χ3n) is 2.92. The van der Waals surface area contributed by atoms with Crippen molar-refractivity contribution in [3.8, 4) is 11.5 Å². The molecule has 0 fully saturated rings. The standard InChI is InChI=1S/C13H13BrN4S/c1-7(2)18-11-4-3-8(14)5-9(11)16-12(18)10-6-19-13(15)17-10/h3-7H,1-2H3,(H2,15,17). The van der Waals surface area contributed by atoms with Crippen LogP contribution >= 0.6 is 27.3 Å². The zero-order valence-corrected chi connectivity index (χ0v) is 13.0. The Labute approximate surface area is 123 Å². The van der Waals surface area contributed by atoms with E-state index >= 15 is 0 Å². The van der Waals surface area contributed by atoms with Gasteiger partial charge in [-0.05, 0) is 32.0 Å². The summed E-state index contributed by atoms with van der Waals surface area (Å²) in [6.07, 6.45) is 0. The number of aromatic nitrogens is 3. The Morgan fingerprint density at radius 1 is 1.32 bits per heavy atom. The lowest BCUT2D eigenvalue weighted by Gasteiger charge is -2.11. The predicted molar refractivity (Wildman–Crippen MR) is 83.3 cm³/mol. The molecular weight excluding hydrogens is 324 g/mol. The van der Waals surface area contributed by atoms with Crippen molar-refractivity contribution in [1.29, 1.82) is 0 Å². The van der Waals surface area contributed by atoms with Crippen LogP contribution in [0.2, 0.25) is 0 Å². The Morgan fingerprint density at radius 3 is 2.74 bits per heavy atom. The first-order valence-corrected chi connectivity index (χ1v) is 7.62. The number of thiazole rings is 1. The summed E-state index contributed by atoms with van der Waals surface area (Å²) in [6.45, 7) is 4.28. The maximum Gasteiger partial charge on any atom is 0.180 e. The number of benzene rings is 1. The summed E-state index contributed by atoms with van der Waals surface area (Å²) < 4.78 is 3.22. The van der Waals surface area contributed by atoms with Gasteiger partial charge >= 0.3 is 0 Å². The van der Waals surface area contributed by atoms with Gasteiger partial charge in [-0.3, -0.25) is 0 Å². The lowest BCUT2D eigenvalue weighted by atomic mass is 10.3. The molecule has 3 aromatic rings. The molecule has 0 unspecified atom stereocenters. The largest absolute Gasteiger partial charge is 0.375 e. The molecule has 0 aliphatic rings. The molecule has 0 radical (unpaired) electrons. The Bertz CT molecular complexity index is 744. The highest BCUT2D eigenvalue weighted by Crippen LogP contribution is 2.30. The first-order chi connectivity index (χ1) is 9.06. The highest BCUT2D eigenvalue weighted by Gasteiger charge is 2.17. The minimum absolute atomic E-state index is 0.309. The van der Waals surface area contributed by atoms with Gasteiger partial charge in [0.15, 0.2) is 11.0 Å². The van der Waals surface area contributed by atoms with Crippen molar-refractivity contribution in [2.75, 3.05) is 5.73 Å². The van der Waals surface area contributed by atoms with Gasteiger partial charge in [0.1, 0.15) is 5.69 Å². The molecule has 0 saturated carbocycles. The number of hydrogen-bond acceptors (Lipinski definition) is 4. The fraction of sp³-hybridized carbons (Fsp3) is 0.231. The van der Waals surface area contributed by atoms with Gasteiger partial charge in [0.2, 0.25) is 0 Å². The molecule has 19 heavy (non-hydrogen) atoms. The molecule has 0 atom stereocenters. The van der Waals surface area contributed by atoms with E-state index in [-0.39, 0.29) is 0 Å². The third kappa shape index (κ3) is 2.15. The fourth-order valence-corrected chi connectivity index (χ4v) is 3.06. The van der Waals surface area contributed by atoms with E-state index in [4.69, 9.17) is 10.7 Å². The molecule has 2 aromatic heterocycles. The topological polar surface area (TPSA) is 56.7 Å². The van der Waals surface area contributed by atoms with Crippen LogP contribution in [0.4, 0.5) is 5.13 Å². The summed E-state index contributed by atoms with van der Waals surface area (Å²) >= 11 is 4.92. The van der Waals surface area contributed by atoms with Crippen LogP contribution in [0.5, 0.6) is 0 Å². The zero-order valence-electron chi connectivity index (χ0n) is 10.6. The van der Waals surface area contributed by atoms with Gasteiger partial charge in [0, 0.05) is 15.9 Å². The van der Waals surface area contributed by atoms with Gasteiger partial charge in [-0.25, -0.2) is 9.97 Å². The number of hydrogen-bond donors (Lipinski definition) is 1. The van der Waals surface area contributed by atoms with Gasteiger partial charge in [0.25, 0.3) is 0 Å². The van der Waals surface area contributed by atoms with Gasteiger partial charge < -0.3 is 10.3 Å². The normalized spacial score (nSPS) is 11.6. The summed E-state index contributed by atoms with van der Waals surface area (Å²) in [7, 11) is 0. The fourth-order valence-electron chi connectivity index (χ4n) is 2.17. The molecule has 0 saturated heterocycles. The minimum atomic E-state index is 0.309. The van der Waals surface area contributed by atoms with E-state index in [9.17, 15) is 0 Å². The van der Waals surface area contributed by atoms with E-state index in [0.717, 1.165) is 27.0 Å². The first-order valence-electron chi connectivity index (χ1n) is 5.95. The summed E-state index contributed by atoms with van der Waals surface area (Å²) in [4.78, 5) is 9.04. The van der Waals surface area contributed by atoms with Gasteiger partial charge in [-0.15, -0.1) is 11.3 Å². The van der Waals surface area contributed by atoms with Crippen molar-refractivity contribution in [1.82, 2.24) is 14.5 Å². The maximum absolute atomic E-state index is 5.72. The second-order valence-electron chi connectivity index (χ2n) is 4.60. The molecule has 1 aromatic carbocycles. The van der Waals surface area contributed by atoms with Gasteiger partial charge in [0.05, 0.1) is 11.0 Å². The number of nitrogens with two attached hydrogens (primary N) is 1. The van der Waals surface area contributed by atoms with E-state index in [1.165, 1.54) is 11.3 Å². The molecule has 0 aliphatic heterocycles. The number of rotatable bonds is 2. The molecule has 4 nitrogen and oxygen atoms in total. The van der Waals surface area contributed by atoms with E-state index in [0.29, 0.717) is 11.2 Å². The van der Waals surface area contributed by atoms with E-state index in [2.05, 4.69) is 45.4 Å². The SMILES string of the molecule is CC(C)n1c(-c2csc(N)n2)nc2cc(Br)ccc21. The molecule has 0 aliphatic carbocycles. The molecule has 3 rings (SSSR count). The number of anilines is 1. The van der Waals surface area contributed by atoms with Crippen molar-refractivity contribution >= 4 is 43.4 Å². The second-order valence-corrected chi connectivity index (χ2v) is 6.41. The maximum atomic E-state index is 5.72. The Morgan fingerprint density at radius 2 is 2.11 bits per heavy atom. The number of nitrogens with zero attached hydrogens (tertiary/aromatic N) is 3. The van der Waals surface area contributed by atoms with Crippen LogP contribution in [0, 0.1) is 0 Å². The van der Waals surface area contributed by atoms with Crippen LogP contribution in [0.25, 0.3) is 22.6 Å². The number of imidazole rings is 1. The molecular formula is C13H13BrN4S. The summed E-state index contributed by atoms with van der Waals surface area (Å²) in [5.41, 5.74) is 8.63. The number of fused-ring (bicyclic) bond motifs is 1. The molecule has 6 heteroatoms. The highest BCUT2D eigenvalue weighted by atomic mass is 79.9. The summed E-state index contributed by atoms with van der Waals surface area (Å²) in [5, 5.41) is 2.52. The lowest BCUT2D eigenvalue weighted by molar-refractivity contribution is 0.623.